The summed E-state index contributed by atoms with van der Waals surface area (Å²) in [6.45, 7) is 6.51. The van der Waals surface area contributed by atoms with Crippen molar-refractivity contribution in [1.82, 2.24) is 0 Å². The Balaban J connectivity index is 2.20. The molecule has 0 saturated carbocycles. The van der Waals surface area contributed by atoms with Gasteiger partial charge in [-0.2, -0.15) is 0 Å². The molecule has 1 amide bonds. The molecule has 0 aliphatic carbocycles. The van der Waals surface area contributed by atoms with Crippen LogP contribution >= 0.6 is 0 Å². The summed E-state index contributed by atoms with van der Waals surface area (Å²) in [5, 5.41) is 5.93. The van der Waals surface area contributed by atoms with Crippen LogP contribution in [0.15, 0.2) is 36.4 Å². The highest BCUT2D eigenvalue weighted by atomic mass is 19.1. The average molecular weight is 286 g/mol. The SMILES string of the molecule is CCNc1ccc(C(=O)Nc2cc(C)cc(F)c2)c(C)c1. The van der Waals surface area contributed by atoms with Crippen LogP contribution in [0.3, 0.4) is 0 Å². The number of halogens is 1. The molecule has 21 heavy (non-hydrogen) atoms. The van der Waals surface area contributed by atoms with Crippen LogP contribution in [0.25, 0.3) is 0 Å². The van der Waals surface area contributed by atoms with E-state index in [0.29, 0.717) is 11.3 Å². The maximum absolute atomic E-state index is 13.3. The van der Waals surface area contributed by atoms with E-state index in [-0.39, 0.29) is 11.7 Å². The van der Waals surface area contributed by atoms with Crippen molar-refractivity contribution in [2.45, 2.75) is 20.8 Å². The molecule has 0 heterocycles. The van der Waals surface area contributed by atoms with Crippen LogP contribution in [-0.4, -0.2) is 12.5 Å². The van der Waals surface area contributed by atoms with Crippen molar-refractivity contribution in [2.75, 3.05) is 17.2 Å². The number of rotatable bonds is 4. The predicted molar refractivity (Wildman–Crippen MR) is 84.4 cm³/mol. The largest absolute Gasteiger partial charge is 0.385 e. The second kappa shape index (κ2) is 6.39. The number of aryl methyl sites for hydroxylation is 2. The minimum atomic E-state index is -0.357. The Morgan fingerprint density at radius 3 is 2.48 bits per heavy atom. The number of hydrogen-bond acceptors (Lipinski definition) is 2. The van der Waals surface area contributed by atoms with Gasteiger partial charge in [-0.15, -0.1) is 0 Å². The molecule has 2 N–H and O–H groups in total. The van der Waals surface area contributed by atoms with Gasteiger partial charge in [-0.05, 0) is 68.3 Å². The van der Waals surface area contributed by atoms with Crippen molar-refractivity contribution in [1.29, 1.82) is 0 Å². The fourth-order valence-corrected chi connectivity index (χ4v) is 2.24. The van der Waals surface area contributed by atoms with Gasteiger partial charge in [0.25, 0.3) is 5.91 Å². The summed E-state index contributed by atoms with van der Waals surface area (Å²) in [6, 6.07) is 10.0. The number of benzene rings is 2. The summed E-state index contributed by atoms with van der Waals surface area (Å²) >= 11 is 0. The van der Waals surface area contributed by atoms with Gasteiger partial charge in [0.2, 0.25) is 0 Å². The monoisotopic (exact) mass is 286 g/mol. The van der Waals surface area contributed by atoms with E-state index in [9.17, 15) is 9.18 Å². The molecule has 4 heteroatoms. The summed E-state index contributed by atoms with van der Waals surface area (Å²) in [7, 11) is 0. The molecule has 2 aromatic rings. The third-order valence-corrected chi connectivity index (χ3v) is 3.15. The number of carbonyl (C=O) groups excluding carboxylic acids is 1. The van der Waals surface area contributed by atoms with Gasteiger partial charge in [-0.1, -0.05) is 0 Å². The zero-order chi connectivity index (χ0) is 15.4. The molecule has 0 bridgehead atoms. The number of amides is 1. The van der Waals surface area contributed by atoms with Gasteiger partial charge in [0.1, 0.15) is 5.82 Å². The molecule has 0 radical (unpaired) electrons. The fraction of sp³-hybridized carbons (Fsp3) is 0.235. The van der Waals surface area contributed by atoms with Crippen LogP contribution in [0.1, 0.15) is 28.4 Å². The first-order chi connectivity index (χ1) is 9.99. The van der Waals surface area contributed by atoms with E-state index in [1.807, 2.05) is 26.0 Å². The molecule has 0 fully saturated rings. The third-order valence-electron chi connectivity index (χ3n) is 3.15. The molecule has 0 aliphatic rings. The molecule has 0 aromatic heterocycles. The standard InChI is InChI=1S/C17H19FN2O/c1-4-19-14-5-6-16(12(3)9-14)17(21)20-15-8-11(2)7-13(18)10-15/h5-10,19H,4H2,1-3H3,(H,20,21). The minimum absolute atomic E-state index is 0.236. The van der Waals surface area contributed by atoms with Gasteiger partial charge in [-0.3, -0.25) is 4.79 Å². The summed E-state index contributed by atoms with van der Waals surface area (Å²) < 4.78 is 13.3. The van der Waals surface area contributed by atoms with Crippen LogP contribution in [0.5, 0.6) is 0 Å². The van der Waals surface area contributed by atoms with Crippen molar-refractivity contribution in [2.24, 2.45) is 0 Å². The van der Waals surface area contributed by atoms with Crippen molar-refractivity contribution >= 4 is 17.3 Å². The van der Waals surface area contributed by atoms with Gasteiger partial charge >= 0.3 is 0 Å². The molecule has 0 unspecified atom stereocenters. The molecule has 3 nitrogen and oxygen atoms in total. The molecule has 110 valence electrons. The quantitative estimate of drug-likeness (QED) is 0.887. The second-order valence-corrected chi connectivity index (χ2v) is 5.03. The molecular formula is C17H19FN2O. The highest BCUT2D eigenvalue weighted by molar-refractivity contribution is 6.05. The molecule has 0 aliphatic heterocycles. The molecule has 0 saturated heterocycles. The number of anilines is 2. The highest BCUT2D eigenvalue weighted by Crippen LogP contribution is 2.18. The van der Waals surface area contributed by atoms with Crippen LogP contribution in [0.4, 0.5) is 15.8 Å². The van der Waals surface area contributed by atoms with Crippen molar-refractivity contribution in [3.8, 4) is 0 Å². The van der Waals surface area contributed by atoms with E-state index < -0.39 is 0 Å². The second-order valence-electron chi connectivity index (χ2n) is 5.03. The first-order valence-corrected chi connectivity index (χ1v) is 6.92. The van der Waals surface area contributed by atoms with E-state index in [1.165, 1.54) is 12.1 Å². The van der Waals surface area contributed by atoms with E-state index in [4.69, 9.17) is 0 Å². The Morgan fingerprint density at radius 1 is 1.10 bits per heavy atom. The number of hydrogen-bond donors (Lipinski definition) is 2. The van der Waals surface area contributed by atoms with Crippen LogP contribution in [0, 0.1) is 19.7 Å². The first kappa shape index (κ1) is 15.0. The van der Waals surface area contributed by atoms with Gasteiger partial charge < -0.3 is 10.6 Å². The number of carbonyl (C=O) groups is 1. The fourth-order valence-electron chi connectivity index (χ4n) is 2.24. The molecule has 0 spiro atoms. The lowest BCUT2D eigenvalue weighted by molar-refractivity contribution is 0.102. The normalized spacial score (nSPS) is 10.3. The summed E-state index contributed by atoms with van der Waals surface area (Å²) in [4.78, 5) is 12.3. The first-order valence-electron chi connectivity index (χ1n) is 6.92. The molecule has 2 rings (SSSR count). The lowest BCUT2D eigenvalue weighted by Gasteiger charge is -2.11. The van der Waals surface area contributed by atoms with Crippen LogP contribution in [0.2, 0.25) is 0 Å². The Labute approximate surface area is 124 Å². The highest BCUT2D eigenvalue weighted by Gasteiger charge is 2.10. The van der Waals surface area contributed by atoms with Gasteiger partial charge in [0.05, 0.1) is 0 Å². The molecular weight excluding hydrogens is 267 g/mol. The summed E-state index contributed by atoms with van der Waals surface area (Å²) in [5.74, 6) is -0.593. The maximum atomic E-state index is 13.3. The molecule has 2 aromatic carbocycles. The summed E-state index contributed by atoms with van der Waals surface area (Å²) in [5.41, 5.74) is 3.67. The Kier molecular flexibility index (Phi) is 4.58. The van der Waals surface area contributed by atoms with Gasteiger partial charge in [0.15, 0.2) is 0 Å². The van der Waals surface area contributed by atoms with E-state index >= 15 is 0 Å². The smallest absolute Gasteiger partial charge is 0.255 e. The van der Waals surface area contributed by atoms with E-state index in [1.54, 1.807) is 19.1 Å². The lowest BCUT2D eigenvalue weighted by Crippen LogP contribution is -2.14. The topological polar surface area (TPSA) is 41.1 Å². The van der Waals surface area contributed by atoms with Gasteiger partial charge in [0, 0.05) is 23.5 Å². The Morgan fingerprint density at radius 2 is 1.86 bits per heavy atom. The predicted octanol–water partition coefficient (Wildman–Crippen LogP) is 4.13. The Hall–Kier alpha value is -2.36. The zero-order valence-corrected chi connectivity index (χ0v) is 12.5. The lowest BCUT2D eigenvalue weighted by atomic mass is 10.1. The van der Waals surface area contributed by atoms with Crippen molar-refractivity contribution in [3.05, 3.63) is 58.9 Å². The summed E-state index contributed by atoms with van der Waals surface area (Å²) in [6.07, 6.45) is 0. The third kappa shape index (κ3) is 3.81. The van der Waals surface area contributed by atoms with E-state index in [0.717, 1.165) is 23.4 Å². The molecule has 0 atom stereocenters. The zero-order valence-electron chi connectivity index (χ0n) is 12.5. The Bertz CT molecular complexity index is 648. The van der Waals surface area contributed by atoms with Crippen molar-refractivity contribution in [3.63, 3.8) is 0 Å². The minimum Gasteiger partial charge on any atom is -0.385 e. The van der Waals surface area contributed by atoms with Gasteiger partial charge in [-0.25, -0.2) is 4.39 Å². The number of nitrogens with one attached hydrogen (secondary N) is 2. The van der Waals surface area contributed by atoms with E-state index in [2.05, 4.69) is 10.6 Å². The van der Waals surface area contributed by atoms with Crippen LogP contribution < -0.4 is 10.6 Å². The average Bonchev–Trinajstić information content (AvgIpc) is 2.37. The maximum Gasteiger partial charge on any atom is 0.255 e. The van der Waals surface area contributed by atoms with Crippen LogP contribution in [-0.2, 0) is 0 Å². The van der Waals surface area contributed by atoms with Crippen molar-refractivity contribution < 1.29 is 9.18 Å².